The van der Waals surface area contributed by atoms with Gasteiger partial charge >= 0.3 is 6.03 Å². The Hall–Kier alpha value is -3.19. The number of urea groups is 1. The third-order valence-electron chi connectivity index (χ3n) is 4.67. The number of aromatic nitrogens is 1. The second-order valence-electron chi connectivity index (χ2n) is 7.56. The molecule has 1 heterocycles. The van der Waals surface area contributed by atoms with Crippen LogP contribution in [0, 0.1) is 5.92 Å². The number of pyridine rings is 1. The van der Waals surface area contributed by atoms with Gasteiger partial charge in [0.2, 0.25) is 0 Å². The number of halogens is 1. The minimum atomic E-state index is -0.223. The highest BCUT2D eigenvalue weighted by Gasteiger charge is 2.12. The highest BCUT2D eigenvalue weighted by molar-refractivity contribution is 6.18. The van der Waals surface area contributed by atoms with Crippen LogP contribution in [-0.2, 0) is 0 Å². The van der Waals surface area contributed by atoms with E-state index < -0.39 is 0 Å². The van der Waals surface area contributed by atoms with Gasteiger partial charge in [-0.2, -0.15) is 0 Å². The van der Waals surface area contributed by atoms with E-state index in [0.29, 0.717) is 59.2 Å². The van der Waals surface area contributed by atoms with Crippen LogP contribution < -0.4 is 24.8 Å². The van der Waals surface area contributed by atoms with Gasteiger partial charge in [0, 0.05) is 29.9 Å². The molecule has 2 aromatic carbocycles. The lowest BCUT2D eigenvalue weighted by Crippen LogP contribution is -2.30. The molecule has 1 aromatic heterocycles. The Morgan fingerprint density at radius 2 is 1.88 bits per heavy atom. The molecule has 0 atom stereocenters. The topological polar surface area (TPSA) is 81.7 Å². The number of amides is 2. The number of carbonyl (C=O) groups excluding carboxylic acids is 1. The second-order valence-corrected chi connectivity index (χ2v) is 7.93. The fraction of sp³-hybridized carbons (Fsp3) is 0.333. The SMILES string of the molecule is COc1cc2c(Oc3ccc(NC(=O)NCCC(C)C)cc3)ccnc2cc1OCCCl. The van der Waals surface area contributed by atoms with Crippen molar-refractivity contribution in [2.75, 3.05) is 31.5 Å². The summed E-state index contributed by atoms with van der Waals surface area (Å²) in [6, 6.07) is 12.4. The number of ether oxygens (including phenoxy) is 3. The molecule has 7 nitrogen and oxygen atoms in total. The van der Waals surface area contributed by atoms with Gasteiger partial charge in [0.05, 0.1) is 18.5 Å². The van der Waals surface area contributed by atoms with E-state index in [-0.39, 0.29) is 6.03 Å². The van der Waals surface area contributed by atoms with Gasteiger partial charge in [-0.15, -0.1) is 11.6 Å². The van der Waals surface area contributed by atoms with Crippen LogP contribution in [0.4, 0.5) is 10.5 Å². The van der Waals surface area contributed by atoms with Gasteiger partial charge in [0.1, 0.15) is 18.1 Å². The zero-order valence-corrected chi connectivity index (χ0v) is 19.2. The Morgan fingerprint density at radius 1 is 1.09 bits per heavy atom. The summed E-state index contributed by atoms with van der Waals surface area (Å²) in [6.45, 7) is 5.25. The summed E-state index contributed by atoms with van der Waals surface area (Å²) >= 11 is 5.73. The summed E-state index contributed by atoms with van der Waals surface area (Å²) in [5.74, 6) is 3.33. The summed E-state index contributed by atoms with van der Waals surface area (Å²) in [4.78, 5) is 16.4. The average Bonchev–Trinajstić information content (AvgIpc) is 2.78. The first kappa shape index (κ1) is 23.5. The normalized spacial score (nSPS) is 10.8. The number of nitrogens with one attached hydrogen (secondary N) is 2. The molecule has 0 fully saturated rings. The largest absolute Gasteiger partial charge is 0.493 e. The molecule has 3 aromatic rings. The van der Waals surface area contributed by atoms with Crippen molar-refractivity contribution < 1.29 is 19.0 Å². The first-order valence-corrected chi connectivity index (χ1v) is 11.0. The summed E-state index contributed by atoms with van der Waals surface area (Å²) < 4.78 is 17.2. The Bertz CT molecular complexity index is 1040. The molecule has 0 saturated carbocycles. The predicted molar refractivity (Wildman–Crippen MR) is 128 cm³/mol. The smallest absolute Gasteiger partial charge is 0.319 e. The molecule has 8 heteroatoms. The maximum absolute atomic E-state index is 12.0. The van der Waals surface area contributed by atoms with E-state index in [0.717, 1.165) is 11.8 Å². The summed E-state index contributed by atoms with van der Waals surface area (Å²) in [7, 11) is 1.58. The minimum Gasteiger partial charge on any atom is -0.493 e. The van der Waals surface area contributed by atoms with E-state index in [9.17, 15) is 4.79 Å². The molecule has 0 radical (unpaired) electrons. The molecule has 0 aliphatic heterocycles. The molecule has 170 valence electrons. The van der Waals surface area contributed by atoms with Crippen LogP contribution in [0.5, 0.6) is 23.0 Å². The number of nitrogens with zero attached hydrogens (tertiary/aromatic N) is 1. The zero-order chi connectivity index (χ0) is 22.9. The van der Waals surface area contributed by atoms with E-state index in [2.05, 4.69) is 29.5 Å². The number of fused-ring (bicyclic) bond motifs is 1. The van der Waals surface area contributed by atoms with Gasteiger partial charge in [0.15, 0.2) is 11.5 Å². The molecule has 2 N–H and O–H groups in total. The van der Waals surface area contributed by atoms with Crippen molar-refractivity contribution >= 4 is 34.2 Å². The second kappa shape index (κ2) is 11.4. The van der Waals surface area contributed by atoms with Gasteiger partial charge in [-0.05, 0) is 48.7 Å². The number of benzene rings is 2. The quantitative estimate of drug-likeness (QED) is 0.375. The highest BCUT2D eigenvalue weighted by atomic mass is 35.5. The van der Waals surface area contributed by atoms with Gasteiger partial charge in [-0.1, -0.05) is 13.8 Å². The van der Waals surface area contributed by atoms with Gasteiger partial charge < -0.3 is 24.8 Å². The van der Waals surface area contributed by atoms with Gasteiger partial charge in [-0.25, -0.2) is 4.79 Å². The lowest BCUT2D eigenvalue weighted by Gasteiger charge is -2.14. The van der Waals surface area contributed by atoms with Crippen LogP contribution >= 0.6 is 11.6 Å². The molecule has 0 aliphatic carbocycles. The van der Waals surface area contributed by atoms with E-state index in [4.69, 9.17) is 25.8 Å². The van der Waals surface area contributed by atoms with Crippen LogP contribution in [0.2, 0.25) is 0 Å². The van der Waals surface area contributed by atoms with Crippen molar-refractivity contribution in [3.05, 3.63) is 48.7 Å². The number of anilines is 1. The van der Waals surface area contributed by atoms with Crippen LogP contribution in [0.15, 0.2) is 48.7 Å². The van der Waals surface area contributed by atoms with Crippen molar-refractivity contribution in [2.45, 2.75) is 20.3 Å². The molecule has 0 unspecified atom stereocenters. The number of alkyl halides is 1. The molecule has 0 saturated heterocycles. The molecule has 3 rings (SSSR count). The lowest BCUT2D eigenvalue weighted by atomic mass is 10.1. The van der Waals surface area contributed by atoms with E-state index in [1.54, 1.807) is 49.7 Å². The molecule has 0 aliphatic rings. The lowest BCUT2D eigenvalue weighted by molar-refractivity contribution is 0.251. The fourth-order valence-electron chi connectivity index (χ4n) is 3.02. The van der Waals surface area contributed by atoms with Crippen LogP contribution in [0.1, 0.15) is 20.3 Å². The number of hydrogen-bond donors (Lipinski definition) is 2. The van der Waals surface area contributed by atoms with Crippen molar-refractivity contribution in [3.63, 3.8) is 0 Å². The Labute approximate surface area is 193 Å². The zero-order valence-electron chi connectivity index (χ0n) is 18.5. The number of hydrogen-bond acceptors (Lipinski definition) is 5. The third-order valence-corrected chi connectivity index (χ3v) is 4.82. The Kier molecular flexibility index (Phi) is 8.39. The van der Waals surface area contributed by atoms with Crippen molar-refractivity contribution in [3.8, 4) is 23.0 Å². The van der Waals surface area contributed by atoms with Gasteiger partial charge in [-0.3, -0.25) is 4.98 Å². The maximum atomic E-state index is 12.0. The minimum absolute atomic E-state index is 0.223. The van der Waals surface area contributed by atoms with Gasteiger partial charge in [0.25, 0.3) is 0 Å². The fourth-order valence-corrected chi connectivity index (χ4v) is 3.10. The van der Waals surface area contributed by atoms with Crippen molar-refractivity contribution in [1.29, 1.82) is 0 Å². The Morgan fingerprint density at radius 3 is 2.56 bits per heavy atom. The standard InChI is InChI=1S/C24H28ClN3O4/c1-16(2)8-11-27-24(29)28-17-4-6-18(7-5-17)32-21-9-12-26-20-15-23(31-13-10-25)22(30-3)14-19(20)21/h4-7,9,12,14-16H,8,10-11,13H2,1-3H3,(H2,27,28,29). The van der Waals surface area contributed by atoms with Crippen molar-refractivity contribution in [2.24, 2.45) is 5.92 Å². The van der Waals surface area contributed by atoms with Crippen LogP contribution in [0.3, 0.4) is 0 Å². The predicted octanol–water partition coefficient (Wildman–Crippen LogP) is 5.82. The maximum Gasteiger partial charge on any atom is 0.319 e. The third kappa shape index (κ3) is 6.40. The summed E-state index contributed by atoms with van der Waals surface area (Å²) in [6.07, 6.45) is 2.61. The van der Waals surface area contributed by atoms with E-state index in [1.807, 2.05) is 6.07 Å². The number of methoxy groups -OCH3 is 1. The van der Waals surface area contributed by atoms with Crippen LogP contribution in [-0.4, -0.2) is 37.2 Å². The van der Waals surface area contributed by atoms with E-state index in [1.165, 1.54) is 0 Å². The average molecular weight is 458 g/mol. The molecule has 2 amide bonds. The number of rotatable bonds is 10. The number of carbonyl (C=O) groups is 1. The highest BCUT2D eigenvalue weighted by Crippen LogP contribution is 2.37. The van der Waals surface area contributed by atoms with E-state index >= 15 is 0 Å². The summed E-state index contributed by atoms with van der Waals surface area (Å²) in [5, 5.41) is 6.45. The molecule has 32 heavy (non-hydrogen) atoms. The summed E-state index contributed by atoms with van der Waals surface area (Å²) in [5.41, 5.74) is 1.39. The monoisotopic (exact) mass is 457 g/mol. The molecular weight excluding hydrogens is 430 g/mol. The molecule has 0 bridgehead atoms. The van der Waals surface area contributed by atoms with Crippen molar-refractivity contribution in [1.82, 2.24) is 10.3 Å². The molecular formula is C24H28ClN3O4. The first-order valence-electron chi connectivity index (χ1n) is 10.5. The Balaban J connectivity index is 1.71. The van der Waals surface area contributed by atoms with Crippen LogP contribution in [0.25, 0.3) is 10.9 Å². The molecule has 0 spiro atoms. The first-order chi connectivity index (χ1) is 15.5.